The summed E-state index contributed by atoms with van der Waals surface area (Å²) < 4.78 is 5.35. The predicted molar refractivity (Wildman–Crippen MR) is 152 cm³/mol. The van der Waals surface area contributed by atoms with Crippen LogP contribution in [-0.4, -0.2) is 46.8 Å². The number of rotatable bonds is 8. The highest BCUT2D eigenvalue weighted by atomic mass is 16.6. The van der Waals surface area contributed by atoms with E-state index in [1.165, 1.54) is 6.20 Å². The third-order valence-corrected chi connectivity index (χ3v) is 7.55. The van der Waals surface area contributed by atoms with Gasteiger partial charge in [0, 0.05) is 34.5 Å². The molecule has 0 bridgehead atoms. The van der Waals surface area contributed by atoms with Crippen molar-refractivity contribution in [2.24, 2.45) is 5.11 Å². The molecule has 0 radical (unpaired) electrons. The zero-order valence-corrected chi connectivity index (χ0v) is 23.2. The third kappa shape index (κ3) is 6.80. The molecule has 0 heterocycles. The van der Waals surface area contributed by atoms with Crippen LogP contribution in [0.25, 0.3) is 16.0 Å². The van der Waals surface area contributed by atoms with Crippen LogP contribution in [0.2, 0.25) is 0 Å². The molecule has 1 aromatic carbocycles. The number of hydrogen-bond acceptors (Lipinski definition) is 6. The first-order chi connectivity index (χ1) is 19.1. The summed E-state index contributed by atoms with van der Waals surface area (Å²) in [5.41, 5.74) is 13.0. The van der Waals surface area contributed by atoms with Gasteiger partial charge < -0.3 is 15.0 Å². The highest BCUT2D eigenvalue weighted by molar-refractivity contribution is 6.00. The van der Waals surface area contributed by atoms with Gasteiger partial charge in [-0.05, 0) is 99.6 Å². The summed E-state index contributed by atoms with van der Waals surface area (Å²) in [4.78, 5) is 31.0. The third-order valence-electron chi connectivity index (χ3n) is 7.55. The molecule has 2 N–H and O–H groups in total. The van der Waals surface area contributed by atoms with Crippen LogP contribution in [0.15, 0.2) is 58.4 Å². The first-order valence-corrected chi connectivity index (χ1v) is 13.6. The summed E-state index contributed by atoms with van der Waals surface area (Å²) in [5.74, 6) is 0.0498. The quantitative estimate of drug-likeness (QED) is 0.224. The second kappa shape index (κ2) is 12.2. The van der Waals surface area contributed by atoms with Crippen molar-refractivity contribution in [3.63, 3.8) is 0 Å². The Balaban J connectivity index is 1.49. The Kier molecular flexibility index (Phi) is 8.76. The number of carbonyl (C=O) groups is 2. The van der Waals surface area contributed by atoms with Gasteiger partial charge in [0.25, 0.3) is 5.91 Å². The molecule has 0 aromatic heterocycles. The van der Waals surface area contributed by atoms with Crippen molar-refractivity contribution in [1.82, 2.24) is 10.2 Å². The minimum absolute atomic E-state index is 0.000625. The maximum absolute atomic E-state index is 13.9. The molecule has 2 fully saturated rings. The molecule has 1 atom stereocenters. The number of benzene rings is 1. The van der Waals surface area contributed by atoms with E-state index in [-0.39, 0.29) is 24.5 Å². The number of hydrogen-bond donors (Lipinski definition) is 2. The normalized spacial score (nSPS) is 20.2. The highest BCUT2D eigenvalue weighted by Gasteiger charge is 2.40. The maximum Gasteiger partial charge on any atom is 0.411 e. The van der Waals surface area contributed by atoms with E-state index < -0.39 is 11.7 Å². The smallest absolute Gasteiger partial charge is 0.411 e. The van der Waals surface area contributed by atoms with Crippen LogP contribution in [0.3, 0.4) is 0 Å². The molecule has 10 nitrogen and oxygen atoms in total. The van der Waals surface area contributed by atoms with Crippen LogP contribution in [0.1, 0.15) is 76.8 Å². The van der Waals surface area contributed by atoms with Crippen molar-refractivity contribution < 1.29 is 14.3 Å². The fourth-order valence-corrected chi connectivity index (χ4v) is 5.36. The molecule has 40 heavy (non-hydrogen) atoms. The van der Waals surface area contributed by atoms with Gasteiger partial charge in [0.2, 0.25) is 0 Å². The Morgan fingerprint density at radius 3 is 2.67 bits per heavy atom. The Labute approximate surface area is 234 Å². The summed E-state index contributed by atoms with van der Waals surface area (Å²) in [6.07, 6.45) is 7.78. The van der Waals surface area contributed by atoms with E-state index in [1.54, 1.807) is 13.8 Å². The summed E-state index contributed by atoms with van der Waals surface area (Å²) >= 11 is 0. The molecule has 0 saturated heterocycles. The van der Waals surface area contributed by atoms with Crippen LogP contribution in [0, 0.1) is 16.7 Å². The van der Waals surface area contributed by atoms with Gasteiger partial charge >= 0.3 is 6.09 Å². The molecule has 2 amide bonds. The minimum atomic E-state index is -0.969. The van der Waals surface area contributed by atoms with Gasteiger partial charge in [-0.15, -0.1) is 0 Å². The Morgan fingerprint density at radius 1 is 1.25 bits per heavy atom. The number of carbonyl (C=O) groups excluding carboxylic acids is 2. The highest BCUT2D eigenvalue weighted by Crippen LogP contribution is 2.39. The van der Waals surface area contributed by atoms with Gasteiger partial charge in [-0.25, -0.2) is 4.79 Å². The lowest BCUT2D eigenvalue weighted by molar-refractivity contribution is -0.130. The molecule has 10 heteroatoms. The van der Waals surface area contributed by atoms with Crippen LogP contribution in [-0.2, 0) is 9.53 Å². The lowest BCUT2D eigenvalue weighted by atomic mass is 9.85. The van der Waals surface area contributed by atoms with Gasteiger partial charge in [0.1, 0.15) is 5.60 Å². The average molecular weight is 542 g/mol. The van der Waals surface area contributed by atoms with Crippen LogP contribution >= 0.6 is 0 Å². The second-order valence-electron chi connectivity index (χ2n) is 11.2. The molecular weight excluding hydrogens is 506 g/mol. The summed E-state index contributed by atoms with van der Waals surface area (Å²) in [6.45, 7) is 5.26. The van der Waals surface area contributed by atoms with Gasteiger partial charge in [0.15, 0.2) is 0 Å². The van der Waals surface area contributed by atoms with Crippen molar-refractivity contribution >= 4 is 23.3 Å². The maximum atomic E-state index is 13.9. The fraction of sp³-hybridized carbons (Fsp3) is 0.467. The zero-order chi connectivity index (χ0) is 28.9. The molecule has 2 saturated carbocycles. The van der Waals surface area contributed by atoms with Gasteiger partial charge in [0.05, 0.1) is 18.2 Å². The van der Waals surface area contributed by atoms with Crippen LogP contribution in [0.5, 0.6) is 0 Å². The van der Waals surface area contributed by atoms with E-state index in [0.717, 1.165) is 35.1 Å². The number of amides is 2. The topological polar surface area (TPSA) is 155 Å². The number of alkyl carbamates (subject to hydrolysis) is 1. The van der Waals surface area contributed by atoms with Crippen LogP contribution in [0.4, 0.5) is 4.79 Å². The van der Waals surface area contributed by atoms with E-state index >= 15 is 0 Å². The first-order valence-electron chi connectivity index (χ1n) is 13.6. The fourth-order valence-electron chi connectivity index (χ4n) is 5.36. The zero-order valence-electron chi connectivity index (χ0n) is 23.2. The molecule has 208 valence electrons. The summed E-state index contributed by atoms with van der Waals surface area (Å²) in [6, 6.07) is 9.94. The molecule has 0 aliphatic heterocycles. The standard InChI is InChI=1S/C30H35N7O3/c1-19-14-20(26-7-5-4-6-21(26)16-31)8-12-25(19)28(38)37(23-9-10-23)24-11-13-27(32)22(15-24)17-34-29(39)40-30(2,3)18-35-36-33/h4-7,14,17,23-24,32H,8-13,15,18H2,1-3H3,(H,34,39)/b22-17-,32-27?. The molecule has 0 spiro atoms. The van der Waals surface area contributed by atoms with Crippen molar-refractivity contribution in [2.45, 2.75) is 83.4 Å². The first kappa shape index (κ1) is 28.7. The molecule has 3 aliphatic rings. The van der Waals surface area contributed by atoms with E-state index in [1.807, 2.05) is 42.2 Å². The Bertz CT molecular complexity index is 1390. The van der Waals surface area contributed by atoms with E-state index in [4.69, 9.17) is 15.7 Å². The number of nitriles is 1. The van der Waals surface area contributed by atoms with Crippen molar-refractivity contribution in [3.05, 3.63) is 74.8 Å². The molecule has 3 aliphatic carbocycles. The Hall–Kier alpha value is -4.35. The lowest BCUT2D eigenvalue weighted by Gasteiger charge is -2.37. The number of ether oxygens (including phenoxy) is 1. The van der Waals surface area contributed by atoms with Gasteiger partial charge in [-0.2, -0.15) is 5.26 Å². The largest absolute Gasteiger partial charge is 0.443 e. The second-order valence-corrected chi connectivity index (χ2v) is 11.2. The van der Waals surface area contributed by atoms with Crippen molar-refractivity contribution in [3.8, 4) is 6.07 Å². The van der Waals surface area contributed by atoms with E-state index in [2.05, 4.69) is 21.4 Å². The number of nitrogens with zero attached hydrogens (tertiary/aromatic N) is 5. The van der Waals surface area contributed by atoms with Crippen molar-refractivity contribution in [2.75, 3.05) is 6.54 Å². The summed E-state index contributed by atoms with van der Waals surface area (Å²) in [5, 5.41) is 24.0. The number of azide groups is 1. The van der Waals surface area contributed by atoms with Gasteiger partial charge in [-0.1, -0.05) is 29.4 Å². The SMILES string of the molecule is CC1=C(C(=O)N(C2CC2)C2CCC(=N)/C(=C\NC(=O)OC(C)(C)CN=[N+]=[N-])C2)CCC(c2ccccc2C#N)=C1. The molecule has 1 aromatic rings. The molecule has 4 rings (SSSR count). The Morgan fingerprint density at radius 2 is 2.00 bits per heavy atom. The number of allylic oxidation sites excluding steroid dienone is 3. The summed E-state index contributed by atoms with van der Waals surface area (Å²) in [7, 11) is 0. The lowest BCUT2D eigenvalue weighted by Crippen LogP contribution is -2.45. The minimum Gasteiger partial charge on any atom is -0.443 e. The molecule has 1 unspecified atom stereocenters. The predicted octanol–water partition coefficient (Wildman–Crippen LogP) is 6.31. The van der Waals surface area contributed by atoms with Crippen molar-refractivity contribution in [1.29, 1.82) is 10.7 Å². The van der Waals surface area contributed by atoms with Crippen LogP contribution < -0.4 is 5.32 Å². The van der Waals surface area contributed by atoms with E-state index in [9.17, 15) is 14.9 Å². The molecular formula is C30H35N7O3. The monoisotopic (exact) mass is 541 g/mol. The van der Waals surface area contributed by atoms with Gasteiger partial charge in [-0.3, -0.25) is 10.1 Å². The number of nitrogens with one attached hydrogen (secondary N) is 2. The van der Waals surface area contributed by atoms with E-state index in [0.29, 0.717) is 49.0 Å². The average Bonchev–Trinajstić information content (AvgIpc) is 3.77.